The van der Waals surface area contributed by atoms with E-state index < -0.39 is 5.60 Å². The van der Waals surface area contributed by atoms with Crippen LogP contribution in [0.25, 0.3) is 0 Å². The van der Waals surface area contributed by atoms with Crippen molar-refractivity contribution in [2.75, 3.05) is 32.8 Å². The second-order valence-corrected chi connectivity index (χ2v) is 17.9. The predicted molar refractivity (Wildman–Crippen MR) is 245 cm³/mol. The Hall–Kier alpha value is -2.09. The maximum Gasteiger partial charge on any atom is 0.407 e. The van der Waals surface area contributed by atoms with Crippen LogP contribution in [0.15, 0.2) is 12.2 Å². The van der Waals surface area contributed by atoms with Crippen LogP contribution in [0, 0.1) is 0 Å². The molecule has 0 spiro atoms. The van der Waals surface area contributed by atoms with Gasteiger partial charge in [0.05, 0.1) is 0 Å². The number of nitrogens with one attached hydrogen (secondary N) is 1. The number of carbonyl (C=O) groups excluding carboxylic acids is 3. The summed E-state index contributed by atoms with van der Waals surface area (Å²) < 4.78 is 16.8. The molecular formula is C50H96N2O6. The summed E-state index contributed by atoms with van der Waals surface area (Å²) in [4.78, 5) is 39.6. The van der Waals surface area contributed by atoms with Gasteiger partial charge in [0.1, 0.15) is 18.3 Å². The molecule has 0 fully saturated rings. The van der Waals surface area contributed by atoms with Gasteiger partial charge in [0.15, 0.2) is 0 Å². The largest absolute Gasteiger partial charge is 0.462 e. The second kappa shape index (κ2) is 41.6. The Balaban J connectivity index is 4.48. The lowest BCUT2D eigenvalue weighted by Gasteiger charge is -2.23. The molecule has 0 atom stereocenters. The van der Waals surface area contributed by atoms with Crippen LogP contribution in [0.4, 0.5) is 4.79 Å². The molecule has 0 saturated heterocycles. The first-order valence-electron chi connectivity index (χ1n) is 24.8. The molecule has 0 aromatic rings. The third-order valence-corrected chi connectivity index (χ3v) is 10.8. The standard InChI is InChI=1S/C50H96N2O6/c1-7-10-13-16-19-28-35-45-56-47(53)39-31-24-20-26-33-42-52(44-36-41-51-49(55)58-50(4,5)6)43-34-27-21-25-32-40-48(54)57-46(37-29-22-17-14-11-8-2)38-30-23-18-15-12-9-3/h28,35,46H,7-27,29-34,36-45H2,1-6H3,(H,51,55)/b35-28-. The highest BCUT2D eigenvalue weighted by molar-refractivity contribution is 5.69. The van der Waals surface area contributed by atoms with Crippen LogP contribution in [-0.4, -0.2) is 67.4 Å². The van der Waals surface area contributed by atoms with Crippen molar-refractivity contribution in [1.82, 2.24) is 10.2 Å². The molecule has 0 heterocycles. The van der Waals surface area contributed by atoms with Crippen LogP contribution in [0.2, 0.25) is 0 Å². The molecule has 0 unspecified atom stereocenters. The first-order chi connectivity index (χ1) is 28.1. The Morgan fingerprint density at radius 1 is 0.534 bits per heavy atom. The topological polar surface area (TPSA) is 94.2 Å². The van der Waals surface area contributed by atoms with Crippen molar-refractivity contribution in [3.05, 3.63) is 12.2 Å². The van der Waals surface area contributed by atoms with Gasteiger partial charge in [0, 0.05) is 19.4 Å². The van der Waals surface area contributed by atoms with Crippen molar-refractivity contribution in [2.24, 2.45) is 0 Å². The minimum Gasteiger partial charge on any atom is -0.462 e. The lowest BCUT2D eigenvalue weighted by Crippen LogP contribution is -2.35. The van der Waals surface area contributed by atoms with Crippen LogP contribution < -0.4 is 5.32 Å². The summed E-state index contributed by atoms with van der Waals surface area (Å²) in [5, 5.41) is 2.90. The van der Waals surface area contributed by atoms with Gasteiger partial charge in [0.25, 0.3) is 0 Å². The number of hydrogen-bond acceptors (Lipinski definition) is 7. The number of carbonyl (C=O) groups is 3. The number of rotatable bonds is 42. The van der Waals surface area contributed by atoms with Crippen LogP contribution in [0.5, 0.6) is 0 Å². The van der Waals surface area contributed by atoms with Crippen LogP contribution >= 0.6 is 0 Å². The van der Waals surface area contributed by atoms with Crippen LogP contribution in [0.3, 0.4) is 0 Å². The number of allylic oxidation sites excluding steroid dienone is 1. The zero-order valence-corrected chi connectivity index (χ0v) is 39.3. The molecule has 0 rings (SSSR count). The fraction of sp³-hybridized carbons (Fsp3) is 0.900. The Morgan fingerprint density at radius 3 is 1.52 bits per heavy atom. The molecule has 8 heteroatoms. The first-order valence-corrected chi connectivity index (χ1v) is 24.8. The van der Waals surface area contributed by atoms with Crippen molar-refractivity contribution < 1.29 is 28.6 Å². The molecule has 8 nitrogen and oxygen atoms in total. The Kier molecular flexibility index (Phi) is 40.1. The number of esters is 2. The summed E-state index contributed by atoms with van der Waals surface area (Å²) >= 11 is 0. The molecule has 342 valence electrons. The number of hydrogen-bond donors (Lipinski definition) is 1. The molecular weight excluding hydrogens is 725 g/mol. The van der Waals surface area contributed by atoms with E-state index in [1.165, 1.54) is 103 Å². The summed E-state index contributed by atoms with van der Waals surface area (Å²) in [5.74, 6) is -0.0859. The van der Waals surface area contributed by atoms with Crippen molar-refractivity contribution in [3.63, 3.8) is 0 Å². The molecule has 0 radical (unpaired) electrons. The number of amides is 1. The zero-order chi connectivity index (χ0) is 42.8. The van der Waals surface area contributed by atoms with Crippen molar-refractivity contribution in [3.8, 4) is 0 Å². The van der Waals surface area contributed by atoms with E-state index in [4.69, 9.17) is 14.2 Å². The Morgan fingerprint density at radius 2 is 0.983 bits per heavy atom. The molecule has 1 amide bonds. The zero-order valence-electron chi connectivity index (χ0n) is 39.3. The van der Waals surface area contributed by atoms with Crippen molar-refractivity contribution >= 4 is 18.0 Å². The number of nitrogens with zero attached hydrogens (tertiary/aromatic N) is 1. The van der Waals surface area contributed by atoms with Crippen molar-refractivity contribution in [2.45, 2.75) is 259 Å². The highest BCUT2D eigenvalue weighted by Gasteiger charge is 2.16. The predicted octanol–water partition coefficient (Wildman–Crippen LogP) is 14.4. The smallest absolute Gasteiger partial charge is 0.407 e. The van der Waals surface area contributed by atoms with Gasteiger partial charge in [-0.15, -0.1) is 0 Å². The normalized spacial score (nSPS) is 11.9. The average molecular weight is 821 g/mol. The summed E-state index contributed by atoms with van der Waals surface area (Å²) in [6, 6.07) is 0. The van der Waals surface area contributed by atoms with Gasteiger partial charge in [0.2, 0.25) is 0 Å². The molecule has 1 N–H and O–H groups in total. The fourth-order valence-electron chi connectivity index (χ4n) is 7.31. The number of ether oxygens (including phenoxy) is 3. The summed E-state index contributed by atoms with van der Waals surface area (Å²) in [7, 11) is 0. The molecule has 0 aliphatic heterocycles. The highest BCUT2D eigenvalue weighted by atomic mass is 16.6. The molecule has 0 saturated carbocycles. The minimum atomic E-state index is -0.496. The van der Waals surface area contributed by atoms with E-state index in [1.807, 2.05) is 26.8 Å². The third-order valence-electron chi connectivity index (χ3n) is 10.8. The summed E-state index contributed by atoms with van der Waals surface area (Å²) in [5.41, 5.74) is -0.496. The van der Waals surface area contributed by atoms with E-state index in [1.54, 1.807) is 0 Å². The highest BCUT2D eigenvalue weighted by Crippen LogP contribution is 2.19. The van der Waals surface area contributed by atoms with Crippen LogP contribution in [-0.2, 0) is 23.8 Å². The molecule has 0 aromatic heterocycles. The molecule has 0 aliphatic carbocycles. The lowest BCUT2D eigenvalue weighted by molar-refractivity contribution is -0.150. The molecule has 0 bridgehead atoms. The van der Waals surface area contributed by atoms with Gasteiger partial charge >= 0.3 is 18.0 Å². The van der Waals surface area contributed by atoms with Gasteiger partial charge in [-0.1, -0.05) is 155 Å². The van der Waals surface area contributed by atoms with E-state index in [-0.39, 0.29) is 24.1 Å². The maximum absolute atomic E-state index is 12.8. The van der Waals surface area contributed by atoms with E-state index >= 15 is 0 Å². The van der Waals surface area contributed by atoms with Gasteiger partial charge in [-0.05, 0) is 111 Å². The third kappa shape index (κ3) is 42.0. The van der Waals surface area contributed by atoms with E-state index in [9.17, 15) is 14.4 Å². The van der Waals surface area contributed by atoms with Gasteiger partial charge in [-0.3, -0.25) is 9.59 Å². The summed E-state index contributed by atoms with van der Waals surface area (Å²) in [6.07, 6.45) is 40.0. The lowest BCUT2D eigenvalue weighted by atomic mass is 10.0. The SMILES string of the molecule is CCCCCC/C=C\COC(=O)CCCCCCCN(CCCCCCCC(=O)OC(CCCCCCCC)CCCCCCCC)CCCNC(=O)OC(C)(C)C. The maximum atomic E-state index is 12.8. The van der Waals surface area contributed by atoms with Crippen molar-refractivity contribution in [1.29, 1.82) is 0 Å². The quantitative estimate of drug-likeness (QED) is 0.0284. The fourth-order valence-corrected chi connectivity index (χ4v) is 7.31. The second-order valence-electron chi connectivity index (χ2n) is 17.9. The van der Waals surface area contributed by atoms with Gasteiger partial charge in [-0.25, -0.2) is 4.79 Å². The van der Waals surface area contributed by atoms with E-state index in [0.29, 0.717) is 26.0 Å². The molecule has 0 aliphatic rings. The summed E-state index contributed by atoms with van der Waals surface area (Å²) in [6.45, 7) is 16.4. The minimum absolute atomic E-state index is 0.00398. The Bertz CT molecular complexity index is 948. The monoisotopic (exact) mass is 821 g/mol. The van der Waals surface area contributed by atoms with E-state index in [2.05, 4.69) is 37.1 Å². The Labute approximate surface area is 359 Å². The number of unbranched alkanes of at least 4 members (excludes halogenated alkanes) is 22. The molecule has 0 aromatic carbocycles. The first kappa shape index (κ1) is 55.9. The van der Waals surface area contributed by atoms with Crippen LogP contribution in [0.1, 0.15) is 247 Å². The average Bonchev–Trinajstić information content (AvgIpc) is 3.18. The molecule has 58 heavy (non-hydrogen) atoms. The van der Waals surface area contributed by atoms with Gasteiger partial charge in [-0.2, -0.15) is 0 Å². The van der Waals surface area contributed by atoms with E-state index in [0.717, 1.165) is 110 Å². The van der Waals surface area contributed by atoms with Gasteiger partial charge < -0.3 is 24.4 Å². The number of alkyl carbamates (subject to hydrolysis) is 1.